The van der Waals surface area contributed by atoms with Gasteiger partial charge in [0.15, 0.2) is 0 Å². The molecule has 2 aromatic heterocycles. The van der Waals surface area contributed by atoms with Crippen molar-refractivity contribution in [2.24, 2.45) is 0 Å². The Morgan fingerprint density at radius 1 is 0.351 bits per heavy atom. The Morgan fingerprint density at radius 2 is 0.754 bits per heavy atom. The quantitative estimate of drug-likeness (QED) is 0.167. The number of aromatic nitrogens is 1. The summed E-state index contributed by atoms with van der Waals surface area (Å²) in [6.45, 7) is 9.54. The number of benzene rings is 9. The summed E-state index contributed by atoms with van der Waals surface area (Å²) in [5.41, 5.74) is 19.9. The van der Waals surface area contributed by atoms with Crippen molar-refractivity contribution in [3.8, 4) is 44.5 Å². The molecule has 0 amide bonds. The second-order valence-corrected chi connectivity index (χ2v) is 17.6. The Hall–Kier alpha value is -6.70. The van der Waals surface area contributed by atoms with E-state index >= 15 is 0 Å². The van der Waals surface area contributed by atoms with Gasteiger partial charge in [-0.3, -0.25) is 0 Å². The molecule has 0 fully saturated rings. The highest BCUT2D eigenvalue weighted by molar-refractivity contribution is 6.32. The standard InChI is InChI=1S/C56H39N/c1-55(2)44-22-11-9-18-38(44)40-26-24-34(28-46(40)55)50-36-16-7-5-14-32(36)30-48-52(50)42-20-13-21-43-53-49(57(48)54(42)43)31-33-15-6-8-17-37(33)51(53)35-25-27-41-39-19-10-12-23-45(39)56(3,4)47(41)29-35/h5-31H,1-4H3. The van der Waals surface area contributed by atoms with Crippen LogP contribution in [0, 0.1) is 0 Å². The second kappa shape index (κ2) is 10.6. The van der Waals surface area contributed by atoms with Gasteiger partial charge in [0.05, 0.1) is 16.6 Å². The molecular weight excluding hydrogens is 687 g/mol. The molecule has 268 valence electrons. The minimum absolute atomic E-state index is 0.0792. The maximum Gasteiger partial charge on any atom is 0.0620 e. The molecule has 2 aliphatic rings. The van der Waals surface area contributed by atoms with E-state index in [2.05, 4.69) is 196 Å². The molecule has 2 aliphatic carbocycles. The second-order valence-electron chi connectivity index (χ2n) is 17.6. The van der Waals surface area contributed by atoms with Gasteiger partial charge in [-0.1, -0.05) is 167 Å². The third kappa shape index (κ3) is 3.85. The van der Waals surface area contributed by atoms with E-state index in [1.54, 1.807) is 0 Å². The number of fused-ring (bicyclic) bond motifs is 14. The highest BCUT2D eigenvalue weighted by Crippen LogP contribution is 2.54. The molecule has 11 aromatic rings. The van der Waals surface area contributed by atoms with Gasteiger partial charge in [-0.2, -0.15) is 0 Å². The molecule has 9 aromatic carbocycles. The lowest BCUT2D eigenvalue weighted by Crippen LogP contribution is -2.14. The summed E-state index contributed by atoms with van der Waals surface area (Å²) in [7, 11) is 0. The monoisotopic (exact) mass is 725 g/mol. The molecule has 13 rings (SSSR count). The fourth-order valence-corrected chi connectivity index (χ4v) is 11.4. The van der Waals surface area contributed by atoms with E-state index in [0.717, 1.165) is 0 Å². The average molecular weight is 726 g/mol. The van der Waals surface area contributed by atoms with Crippen LogP contribution in [-0.4, -0.2) is 4.40 Å². The SMILES string of the molecule is CC1(C)c2ccccc2-c2ccc(-c3c4ccccc4cc4c3c3cccc5c6c(-c7ccc8c(c7)C(C)(C)c7ccccc7-8)c7ccccc7cc6n4c35)cc21. The van der Waals surface area contributed by atoms with Gasteiger partial charge in [0.25, 0.3) is 0 Å². The van der Waals surface area contributed by atoms with E-state index in [0.29, 0.717) is 0 Å². The first-order valence-corrected chi connectivity index (χ1v) is 20.4. The molecule has 0 saturated carbocycles. The summed E-state index contributed by atoms with van der Waals surface area (Å²) in [6.07, 6.45) is 0. The minimum Gasteiger partial charge on any atom is -0.308 e. The lowest BCUT2D eigenvalue weighted by molar-refractivity contribution is 0.660. The van der Waals surface area contributed by atoms with Gasteiger partial charge in [0.1, 0.15) is 0 Å². The summed E-state index contributed by atoms with van der Waals surface area (Å²) in [4.78, 5) is 0. The lowest BCUT2D eigenvalue weighted by Gasteiger charge is -2.22. The molecule has 0 N–H and O–H groups in total. The molecule has 0 saturated heterocycles. The van der Waals surface area contributed by atoms with Gasteiger partial charge < -0.3 is 4.40 Å². The van der Waals surface area contributed by atoms with Gasteiger partial charge in [-0.05, 0) is 113 Å². The van der Waals surface area contributed by atoms with Crippen LogP contribution in [0.15, 0.2) is 164 Å². The van der Waals surface area contributed by atoms with Crippen LogP contribution in [0.2, 0.25) is 0 Å². The fraction of sp³-hybridized carbons (Fsp3) is 0.107. The normalized spacial score (nSPS) is 14.9. The van der Waals surface area contributed by atoms with E-state index < -0.39 is 0 Å². The molecule has 1 nitrogen and oxygen atoms in total. The Labute approximate surface area is 331 Å². The molecule has 57 heavy (non-hydrogen) atoms. The van der Waals surface area contributed by atoms with Gasteiger partial charge >= 0.3 is 0 Å². The zero-order valence-corrected chi connectivity index (χ0v) is 32.5. The van der Waals surface area contributed by atoms with Crippen molar-refractivity contribution in [2.75, 3.05) is 0 Å². The zero-order chi connectivity index (χ0) is 37.9. The third-order valence-corrected chi connectivity index (χ3v) is 14.1. The first-order chi connectivity index (χ1) is 27.8. The largest absolute Gasteiger partial charge is 0.308 e. The molecule has 0 radical (unpaired) electrons. The minimum atomic E-state index is -0.0792. The predicted molar refractivity (Wildman–Crippen MR) is 242 cm³/mol. The number of hydrogen-bond acceptors (Lipinski definition) is 0. The van der Waals surface area contributed by atoms with E-state index in [-0.39, 0.29) is 10.8 Å². The average Bonchev–Trinajstić information content (AvgIpc) is 3.90. The summed E-state index contributed by atoms with van der Waals surface area (Å²) in [6, 6.07) is 62.4. The van der Waals surface area contributed by atoms with Crippen molar-refractivity contribution in [1.29, 1.82) is 0 Å². The van der Waals surface area contributed by atoms with Crippen molar-refractivity contribution in [3.63, 3.8) is 0 Å². The summed E-state index contributed by atoms with van der Waals surface area (Å²) >= 11 is 0. The van der Waals surface area contributed by atoms with Crippen molar-refractivity contribution in [1.82, 2.24) is 4.40 Å². The van der Waals surface area contributed by atoms with Gasteiger partial charge in [0, 0.05) is 32.4 Å². The first-order valence-electron chi connectivity index (χ1n) is 20.4. The number of nitrogens with zero attached hydrogens (tertiary/aromatic N) is 1. The lowest BCUT2D eigenvalue weighted by atomic mass is 9.81. The number of rotatable bonds is 2. The van der Waals surface area contributed by atoms with Gasteiger partial charge in [-0.25, -0.2) is 0 Å². The summed E-state index contributed by atoms with van der Waals surface area (Å²) in [5.74, 6) is 0. The molecular formula is C56H39N. The van der Waals surface area contributed by atoms with Crippen LogP contribution < -0.4 is 0 Å². The van der Waals surface area contributed by atoms with E-state index in [9.17, 15) is 0 Å². The van der Waals surface area contributed by atoms with Crippen LogP contribution in [0.25, 0.3) is 104 Å². The van der Waals surface area contributed by atoms with Gasteiger partial charge in [0.2, 0.25) is 0 Å². The summed E-state index contributed by atoms with van der Waals surface area (Å²) in [5, 5.41) is 10.4. The van der Waals surface area contributed by atoms with Crippen molar-refractivity contribution in [3.05, 3.63) is 186 Å². The van der Waals surface area contributed by atoms with E-state index in [1.807, 2.05) is 0 Å². The number of para-hydroxylation sites is 1. The predicted octanol–water partition coefficient (Wildman–Crippen LogP) is 15.1. The van der Waals surface area contributed by atoms with E-state index in [1.165, 1.54) is 126 Å². The molecule has 0 aliphatic heterocycles. The van der Waals surface area contributed by atoms with Crippen molar-refractivity contribution >= 4 is 59.6 Å². The van der Waals surface area contributed by atoms with Crippen LogP contribution >= 0.6 is 0 Å². The van der Waals surface area contributed by atoms with Crippen molar-refractivity contribution in [2.45, 2.75) is 38.5 Å². The first kappa shape index (κ1) is 31.5. The van der Waals surface area contributed by atoms with Crippen LogP contribution in [0.1, 0.15) is 49.9 Å². The van der Waals surface area contributed by atoms with Gasteiger partial charge in [-0.15, -0.1) is 0 Å². The van der Waals surface area contributed by atoms with Crippen LogP contribution in [0.3, 0.4) is 0 Å². The molecule has 0 bridgehead atoms. The Balaban J connectivity index is 1.14. The topological polar surface area (TPSA) is 4.41 Å². The van der Waals surface area contributed by atoms with Crippen LogP contribution in [0.4, 0.5) is 0 Å². The molecule has 1 heteroatoms. The Morgan fingerprint density at radius 3 is 1.25 bits per heavy atom. The zero-order valence-electron chi connectivity index (χ0n) is 32.5. The molecule has 0 unspecified atom stereocenters. The third-order valence-electron chi connectivity index (χ3n) is 14.1. The maximum absolute atomic E-state index is 2.60. The molecule has 2 heterocycles. The van der Waals surface area contributed by atoms with Crippen LogP contribution in [0.5, 0.6) is 0 Å². The fourth-order valence-electron chi connectivity index (χ4n) is 11.4. The Kier molecular flexibility index (Phi) is 5.84. The molecule has 0 spiro atoms. The Bertz CT molecular complexity index is 3340. The highest BCUT2D eigenvalue weighted by atomic mass is 14.9. The highest BCUT2D eigenvalue weighted by Gasteiger charge is 2.37. The molecule has 0 atom stereocenters. The van der Waals surface area contributed by atoms with E-state index in [4.69, 9.17) is 0 Å². The number of hydrogen-bond donors (Lipinski definition) is 0. The smallest absolute Gasteiger partial charge is 0.0620 e. The summed E-state index contributed by atoms with van der Waals surface area (Å²) < 4.78 is 2.60. The van der Waals surface area contributed by atoms with Crippen LogP contribution in [-0.2, 0) is 10.8 Å². The maximum atomic E-state index is 2.60. The van der Waals surface area contributed by atoms with Crippen molar-refractivity contribution < 1.29 is 0 Å².